The summed E-state index contributed by atoms with van der Waals surface area (Å²) in [5.41, 5.74) is 5.33. The second kappa shape index (κ2) is 5.74. The Morgan fingerprint density at radius 1 is 1.21 bits per heavy atom. The zero-order valence-electron chi connectivity index (χ0n) is 14.0. The first-order valence-corrected chi connectivity index (χ1v) is 8.35. The van der Waals surface area contributed by atoms with Crippen molar-refractivity contribution in [3.05, 3.63) is 63.7 Å². The van der Waals surface area contributed by atoms with E-state index < -0.39 is 0 Å². The Morgan fingerprint density at radius 2 is 2.04 bits per heavy atom. The van der Waals surface area contributed by atoms with Gasteiger partial charge >= 0.3 is 0 Å². The number of hydrogen-bond donors (Lipinski definition) is 0. The number of nitrogens with zero attached hydrogens (tertiary/aromatic N) is 4. The largest absolute Gasteiger partial charge is 0.366 e. The predicted octanol–water partition coefficient (Wildman–Crippen LogP) is 2.45. The van der Waals surface area contributed by atoms with Crippen LogP contribution in [0.25, 0.3) is 10.9 Å². The molecule has 0 bridgehead atoms. The zero-order valence-corrected chi connectivity index (χ0v) is 14.0. The van der Waals surface area contributed by atoms with Crippen molar-refractivity contribution in [2.24, 2.45) is 7.05 Å². The van der Waals surface area contributed by atoms with Crippen LogP contribution in [0.1, 0.15) is 23.9 Å². The van der Waals surface area contributed by atoms with Gasteiger partial charge in [0.05, 0.1) is 11.2 Å². The summed E-state index contributed by atoms with van der Waals surface area (Å²) in [4.78, 5) is 19.0. The summed E-state index contributed by atoms with van der Waals surface area (Å²) in [6.07, 6.45) is 1.76. The molecule has 3 heterocycles. The van der Waals surface area contributed by atoms with E-state index in [-0.39, 0.29) is 5.56 Å². The number of hydrogen-bond acceptors (Lipinski definition) is 4. The Kier molecular flexibility index (Phi) is 3.56. The Balaban J connectivity index is 1.81. The summed E-state index contributed by atoms with van der Waals surface area (Å²) in [7, 11) is 1.71. The van der Waals surface area contributed by atoms with Crippen LogP contribution in [0.2, 0.25) is 0 Å². The van der Waals surface area contributed by atoms with E-state index >= 15 is 0 Å². The van der Waals surface area contributed by atoms with Crippen LogP contribution in [0, 0.1) is 0 Å². The van der Waals surface area contributed by atoms with Crippen molar-refractivity contribution in [3.8, 4) is 0 Å². The molecule has 0 fully saturated rings. The van der Waals surface area contributed by atoms with E-state index in [9.17, 15) is 4.79 Å². The van der Waals surface area contributed by atoms with Crippen molar-refractivity contribution in [2.45, 2.75) is 26.3 Å². The van der Waals surface area contributed by atoms with Crippen LogP contribution in [-0.4, -0.2) is 21.3 Å². The van der Waals surface area contributed by atoms with Gasteiger partial charge in [-0.15, -0.1) is 0 Å². The number of aromatic nitrogens is 3. The van der Waals surface area contributed by atoms with Crippen molar-refractivity contribution in [1.82, 2.24) is 14.8 Å². The monoisotopic (exact) mass is 320 g/mol. The van der Waals surface area contributed by atoms with Crippen molar-refractivity contribution in [3.63, 3.8) is 0 Å². The number of pyridine rings is 1. The third-order valence-corrected chi connectivity index (χ3v) is 4.69. The second-order valence-electron chi connectivity index (χ2n) is 6.25. The van der Waals surface area contributed by atoms with Gasteiger partial charge in [-0.05, 0) is 18.6 Å². The second-order valence-corrected chi connectivity index (χ2v) is 6.25. The quantitative estimate of drug-likeness (QED) is 0.728. The number of fused-ring (bicyclic) bond motifs is 2. The average molecular weight is 320 g/mol. The van der Waals surface area contributed by atoms with E-state index in [0.717, 1.165) is 53.8 Å². The first-order valence-electron chi connectivity index (χ1n) is 8.35. The zero-order chi connectivity index (χ0) is 16.7. The molecule has 4 rings (SSSR count). The Bertz CT molecular complexity index is 977. The molecule has 1 aliphatic heterocycles. The minimum Gasteiger partial charge on any atom is -0.366 e. The van der Waals surface area contributed by atoms with E-state index in [4.69, 9.17) is 4.98 Å². The van der Waals surface area contributed by atoms with Gasteiger partial charge in [0, 0.05) is 55.0 Å². The fraction of sp³-hybridized carbons (Fsp3) is 0.316. The smallest absolute Gasteiger partial charge is 0.266 e. The lowest BCUT2D eigenvalue weighted by molar-refractivity contribution is 0.625. The van der Waals surface area contributed by atoms with E-state index in [2.05, 4.69) is 35.1 Å². The molecule has 122 valence electrons. The maximum absolute atomic E-state index is 11.9. The lowest BCUT2D eigenvalue weighted by Crippen LogP contribution is -2.34. The van der Waals surface area contributed by atoms with E-state index in [1.165, 1.54) is 10.4 Å². The van der Waals surface area contributed by atoms with Crippen LogP contribution < -0.4 is 10.5 Å². The van der Waals surface area contributed by atoms with Crippen molar-refractivity contribution in [2.75, 3.05) is 11.4 Å². The molecule has 0 amide bonds. The molecule has 1 aromatic carbocycles. The molecule has 0 radical (unpaired) electrons. The summed E-state index contributed by atoms with van der Waals surface area (Å²) in [5.74, 6) is 0. The topological polar surface area (TPSA) is 51.0 Å². The molecular weight excluding hydrogens is 300 g/mol. The van der Waals surface area contributed by atoms with Crippen molar-refractivity contribution >= 4 is 16.6 Å². The van der Waals surface area contributed by atoms with Gasteiger partial charge in [-0.25, -0.2) is 4.68 Å². The fourth-order valence-corrected chi connectivity index (χ4v) is 3.35. The predicted molar refractivity (Wildman–Crippen MR) is 95.4 cm³/mol. The molecule has 3 aromatic rings. The maximum Gasteiger partial charge on any atom is 0.266 e. The number of para-hydroxylation sites is 1. The summed E-state index contributed by atoms with van der Waals surface area (Å²) < 4.78 is 1.42. The molecule has 5 heteroatoms. The van der Waals surface area contributed by atoms with Crippen LogP contribution in [-0.2, 0) is 26.4 Å². The first kappa shape index (κ1) is 14.9. The number of rotatable bonds is 2. The molecule has 2 aromatic heterocycles. The highest BCUT2D eigenvalue weighted by molar-refractivity contribution is 5.92. The number of anilines is 1. The summed E-state index contributed by atoms with van der Waals surface area (Å²) in [6, 6.07) is 12.2. The normalized spacial score (nSPS) is 14.0. The van der Waals surface area contributed by atoms with Crippen LogP contribution >= 0.6 is 0 Å². The summed E-state index contributed by atoms with van der Waals surface area (Å²) in [5, 5.41) is 5.56. The lowest BCUT2D eigenvalue weighted by atomic mass is 10.0. The van der Waals surface area contributed by atoms with E-state index in [1.54, 1.807) is 13.1 Å². The molecular formula is C19H20N4O. The fourth-order valence-electron chi connectivity index (χ4n) is 3.35. The van der Waals surface area contributed by atoms with Gasteiger partial charge < -0.3 is 4.90 Å². The van der Waals surface area contributed by atoms with Gasteiger partial charge in [0.15, 0.2) is 0 Å². The third kappa shape index (κ3) is 2.46. The van der Waals surface area contributed by atoms with Crippen molar-refractivity contribution in [1.29, 1.82) is 0 Å². The minimum atomic E-state index is -0.0515. The summed E-state index contributed by atoms with van der Waals surface area (Å²) in [6.45, 7) is 3.74. The Morgan fingerprint density at radius 3 is 2.88 bits per heavy atom. The van der Waals surface area contributed by atoms with Crippen LogP contribution in [0.4, 0.5) is 5.69 Å². The highest BCUT2D eigenvalue weighted by Gasteiger charge is 2.21. The SMILES string of the molecule is CCc1cc(N2CCc3nn(C)c(=O)cc3C2)c2ccccc2n1. The Labute approximate surface area is 140 Å². The molecule has 0 aliphatic carbocycles. The van der Waals surface area contributed by atoms with Gasteiger partial charge in [-0.3, -0.25) is 9.78 Å². The Hall–Kier alpha value is -2.69. The molecule has 0 saturated carbocycles. The van der Waals surface area contributed by atoms with Gasteiger partial charge in [0.1, 0.15) is 0 Å². The average Bonchev–Trinajstić information content (AvgIpc) is 2.61. The molecule has 0 unspecified atom stereocenters. The molecule has 0 N–H and O–H groups in total. The summed E-state index contributed by atoms with van der Waals surface area (Å²) >= 11 is 0. The third-order valence-electron chi connectivity index (χ3n) is 4.69. The van der Waals surface area contributed by atoms with Crippen LogP contribution in [0.15, 0.2) is 41.2 Å². The number of benzene rings is 1. The molecule has 24 heavy (non-hydrogen) atoms. The maximum atomic E-state index is 11.9. The van der Waals surface area contributed by atoms with E-state index in [0.29, 0.717) is 0 Å². The van der Waals surface area contributed by atoms with Gasteiger partial charge in [0.25, 0.3) is 5.56 Å². The van der Waals surface area contributed by atoms with Crippen LogP contribution in [0.5, 0.6) is 0 Å². The van der Waals surface area contributed by atoms with E-state index in [1.807, 2.05) is 12.1 Å². The number of aryl methyl sites for hydroxylation is 2. The van der Waals surface area contributed by atoms with Crippen LogP contribution in [0.3, 0.4) is 0 Å². The highest BCUT2D eigenvalue weighted by Crippen LogP contribution is 2.30. The molecule has 0 atom stereocenters. The minimum absolute atomic E-state index is 0.0515. The van der Waals surface area contributed by atoms with Crippen molar-refractivity contribution < 1.29 is 0 Å². The molecule has 0 spiro atoms. The molecule has 1 aliphatic rings. The first-order chi connectivity index (χ1) is 11.7. The molecule has 5 nitrogen and oxygen atoms in total. The van der Waals surface area contributed by atoms with Gasteiger partial charge in [-0.1, -0.05) is 25.1 Å². The lowest BCUT2D eigenvalue weighted by Gasteiger charge is -2.31. The van der Waals surface area contributed by atoms with Gasteiger partial charge in [0.2, 0.25) is 0 Å². The molecule has 0 saturated heterocycles. The highest BCUT2D eigenvalue weighted by atomic mass is 16.1. The van der Waals surface area contributed by atoms with Gasteiger partial charge in [-0.2, -0.15) is 5.10 Å². The standard InChI is InChI=1S/C19H20N4O/c1-3-14-11-18(15-6-4-5-7-17(15)20-14)23-9-8-16-13(12-23)10-19(24)22(2)21-16/h4-7,10-11H,3,8-9,12H2,1-2H3.